The van der Waals surface area contributed by atoms with Crippen LogP contribution >= 0.6 is 0 Å². The van der Waals surface area contributed by atoms with Crippen LogP contribution in [0.1, 0.15) is 48.3 Å². The molecule has 0 aliphatic carbocycles. The molecule has 1 unspecified atom stereocenters. The molecule has 0 spiro atoms. The van der Waals surface area contributed by atoms with Crippen LogP contribution in [0.2, 0.25) is 0 Å². The van der Waals surface area contributed by atoms with Crippen molar-refractivity contribution in [1.29, 1.82) is 0 Å². The zero-order chi connectivity index (χ0) is 24.0. The van der Waals surface area contributed by atoms with E-state index in [1.165, 1.54) is 17.2 Å². The molecule has 8 nitrogen and oxygen atoms in total. The van der Waals surface area contributed by atoms with Crippen LogP contribution in [0.25, 0.3) is 0 Å². The summed E-state index contributed by atoms with van der Waals surface area (Å²) in [6, 6.07) is 7.65. The molecule has 1 atom stereocenters. The summed E-state index contributed by atoms with van der Waals surface area (Å²) < 4.78 is 16.7. The van der Waals surface area contributed by atoms with E-state index >= 15 is 0 Å². The molecular formula is C25H32N2O6. The molecule has 2 aromatic rings. The standard InChI is InChI=1S/C25H32N2O6/c1-5-6-7-14-32-18-11-10-17(16-20(18)31-4)22-21(23(28)19-9-8-15-33-19)24(29)25(30)27(22)13-12-26(2)3/h8-11,15-16,22,29H,5-7,12-14H2,1-4H3. The average Bonchev–Trinajstić information content (AvgIpc) is 3.43. The Balaban J connectivity index is 1.98. The van der Waals surface area contributed by atoms with Crippen molar-refractivity contribution in [3.63, 3.8) is 0 Å². The average molecular weight is 457 g/mol. The SMILES string of the molecule is CCCCCOc1ccc(C2C(C(=O)c3ccco3)=C(O)C(=O)N2CCN(C)C)cc1OC. The van der Waals surface area contributed by atoms with E-state index in [2.05, 4.69) is 6.92 Å². The van der Waals surface area contributed by atoms with Crippen LogP contribution in [0.15, 0.2) is 52.3 Å². The number of unbranched alkanes of at least 4 members (excludes halogenated alkanes) is 2. The summed E-state index contributed by atoms with van der Waals surface area (Å²) in [7, 11) is 5.33. The van der Waals surface area contributed by atoms with Gasteiger partial charge in [0.2, 0.25) is 5.78 Å². The smallest absolute Gasteiger partial charge is 0.290 e. The Hall–Kier alpha value is -3.26. The van der Waals surface area contributed by atoms with E-state index in [0.717, 1.165) is 19.3 Å². The van der Waals surface area contributed by atoms with Gasteiger partial charge >= 0.3 is 0 Å². The van der Waals surface area contributed by atoms with Crippen molar-refractivity contribution in [3.05, 3.63) is 59.3 Å². The molecule has 0 radical (unpaired) electrons. The van der Waals surface area contributed by atoms with E-state index in [4.69, 9.17) is 13.9 Å². The summed E-state index contributed by atoms with van der Waals surface area (Å²) in [5.41, 5.74) is 0.631. The summed E-state index contributed by atoms with van der Waals surface area (Å²) in [5.74, 6) is -0.517. The molecule has 0 saturated heterocycles. The van der Waals surface area contributed by atoms with Crippen molar-refractivity contribution in [2.45, 2.75) is 32.2 Å². The number of benzene rings is 1. The van der Waals surface area contributed by atoms with Gasteiger partial charge in [-0.2, -0.15) is 0 Å². The lowest BCUT2D eigenvalue weighted by Gasteiger charge is -2.28. The summed E-state index contributed by atoms with van der Waals surface area (Å²) in [5, 5.41) is 10.7. The summed E-state index contributed by atoms with van der Waals surface area (Å²) in [6.07, 6.45) is 4.50. The fourth-order valence-electron chi connectivity index (χ4n) is 3.82. The monoisotopic (exact) mass is 456 g/mol. The summed E-state index contributed by atoms with van der Waals surface area (Å²) in [6.45, 7) is 3.59. The zero-order valence-corrected chi connectivity index (χ0v) is 19.7. The Kier molecular flexibility index (Phi) is 8.16. The van der Waals surface area contributed by atoms with Crippen molar-refractivity contribution >= 4 is 11.7 Å². The lowest BCUT2D eigenvalue weighted by molar-refractivity contribution is -0.129. The quantitative estimate of drug-likeness (QED) is 0.381. The number of nitrogens with zero attached hydrogens (tertiary/aromatic N) is 2. The fourth-order valence-corrected chi connectivity index (χ4v) is 3.82. The predicted molar refractivity (Wildman–Crippen MR) is 124 cm³/mol. The van der Waals surface area contributed by atoms with Crippen molar-refractivity contribution in [3.8, 4) is 11.5 Å². The number of amides is 1. The van der Waals surface area contributed by atoms with Crippen molar-refractivity contribution in [1.82, 2.24) is 9.80 Å². The number of hydrogen-bond donors (Lipinski definition) is 1. The second kappa shape index (κ2) is 11.0. The second-order valence-corrected chi connectivity index (χ2v) is 8.24. The maximum atomic E-state index is 13.2. The molecule has 1 amide bonds. The Morgan fingerprint density at radius 3 is 2.64 bits per heavy atom. The van der Waals surface area contributed by atoms with E-state index < -0.39 is 23.5 Å². The highest BCUT2D eigenvalue weighted by atomic mass is 16.5. The molecule has 178 valence electrons. The van der Waals surface area contributed by atoms with Crippen LogP contribution in [-0.2, 0) is 4.79 Å². The Morgan fingerprint density at radius 2 is 2.00 bits per heavy atom. The minimum Gasteiger partial charge on any atom is -0.503 e. The molecule has 1 aliphatic rings. The van der Waals surface area contributed by atoms with Crippen LogP contribution in [0, 0.1) is 0 Å². The van der Waals surface area contributed by atoms with Gasteiger partial charge in [-0.15, -0.1) is 0 Å². The number of ketones is 1. The topological polar surface area (TPSA) is 92.5 Å². The highest BCUT2D eigenvalue weighted by Crippen LogP contribution is 2.41. The number of hydrogen-bond acceptors (Lipinski definition) is 7. The highest BCUT2D eigenvalue weighted by molar-refractivity contribution is 6.15. The molecule has 1 aromatic heterocycles. The molecular weight excluding hydrogens is 424 g/mol. The lowest BCUT2D eigenvalue weighted by Crippen LogP contribution is -2.36. The van der Waals surface area contributed by atoms with Gasteiger partial charge in [0.05, 0.1) is 31.6 Å². The fraction of sp³-hybridized carbons (Fsp3) is 0.440. The molecule has 1 aromatic carbocycles. The van der Waals surface area contributed by atoms with Gasteiger partial charge in [-0.25, -0.2) is 0 Å². The molecule has 0 fully saturated rings. The summed E-state index contributed by atoms with van der Waals surface area (Å²) >= 11 is 0. The molecule has 1 N–H and O–H groups in total. The highest BCUT2D eigenvalue weighted by Gasteiger charge is 2.44. The van der Waals surface area contributed by atoms with Crippen LogP contribution < -0.4 is 9.47 Å². The molecule has 33 heavy (non-hydrogen) atoms. The Morgan fingerprint density at radius 1 is 1.21 bits per heavy atom. The van der Waals surface area contributed by atoms with Crippen molar-refractivity contribution in [2.24, 2.45) is 0 Å². The first-order valence-corrected chi connectivity index (χ1v) is 11.2. The third kappa shape index (κ3) is 5.39. The molecule has 0 saturated carbocycles. The molecule has 8 heteroatoms. The van der Waals surface area contributed by atoms with Crippen LogP contribution in [0.5, 0.6) is 11.5 Å². The lowest BCUT2D eigenvalue weighted by atomic mass is 9.94. The molecule has 1 aliphatic heterocycles. The first kappa shape index (κ1) is 24.4. The maximum Gasteiger partial charge on any atom is 0.290 e. The van der Waals surface area contributed by atoms with Crippen LogP contribution in [-0.4, -0.2) is 67.5 Å². The van der Waals surface area contributed by atoms with Gasteiger partial charge in [0.1, 0.15) is 0 Å². The van der Waals surface area contributed by atoms with E-state index in [1.54, 1.807) is 31.4 Å². The molecule has 0 bridgehead atoms. The van der Waals surface area contributed by atoms with Gasteiger partial charge in [-0.3, -0.25) is 9.59 Å². The maximum absolute atomic E-state index is 13.2. The largest absolute Gasteiger partial charge is 0.503 e. The Bertz CT molecular complexity index is 996. The second-order valence-electron chi connectivity index (χ2n) is 8.24. The number of methoxy groups -OCH3 is 1. The first-order chi connectivity index (χ1) is 15.9. The first-order valence-electron chi connectivity index (χ1n) is 11.2. The van der Waals surface area contributed by atoms with Gasteiger partial charge in [-0.05, 0) is 50.3 Å². The van der Waals surface area contributed by atoms with Crippen molar-refractivity contribution < 1.29 is 28.6 Å². The normalized spacial score (nSPS) is 16.1. The number of furan rings is 1. The van der Waals surface area contributed by atoms with Gasteiger partial charge in [0.15, 0.2) is 23.0 Å². The number of rotatable bonds is 12. The number of likely N-dealkylation sites (N-methyl/N-ethyl adjacent to an activating group) is 1. The minimum absolute atomic E-state index is 0.00706. The third-order valence-corrected chi connectivity index (χ3v) is 5.59. The van der Waals surface area contributed by atoms with E-state index in [-0.39, 0.29) is 11.3 Å². The van der Waals surface area contributed by atoms with E-state index in [0.29, 0.717) is 36.8 Å². The minimum atomic E-state index is -0.780. The Labute approximate surface area is 194 Å². The number of carbonyl (C=O) groups excluding carboxylic acids is 2. The molecule has 2 heterocycles. The van der Waals surface area contributed by atoms with Gasteiger partial charge < -0.3 is 28.8 Å². The van der Waals surface area contributed by atoms with Gasteiger partial charge in [0, 0.05) is 13.1 Å². The van der Waals surface area contributed by atoms with Crippen LogP contribution in [0.3, 0.4) is 0 Å². The number of Topliss-reactive ketones (excluding diaryl/α,β-unsaturated/α-hetero) is 1. The van der Waals surface area contributed by atoms with Crippen LogP contribution in [0.4, 0.5) is 0 Å². The zero-order valence-electron chi connectivity index (χ0n) is 19.7. The van der Waals surface area contributed by atoms with E-state index in [9.17, 15) is 14.7 Å². The number of carbonyl (C=O) groups is 2. The number of aliphatic hydroxyl groups excluding tert-OH is 1. The third-order valence-electron chi connectivity index (χ3n) is 5.59. The molecule has 3 rings (SSSR count). The van der Waals surface area contributed by atoms with E-state index in [1.807, 2.05) is 19.0 Å². The van der Waals surface area contributed by atoms with Crippen molar-refractivity contribution in [2.75, 3.05) is 40.9 Å². The number of ether oxygens (including phenoxy) is 2. The van der Waals surface area contributed by atoms with Gasteiger partial charge in [0.25, 0.3) is 5.91 Å². The van der Waals surface area contributed by atoms with Gasteiger partial charge in [-0.1, -0.05) is 25.8 Å². The predicted octanol–water partition coefficient (Wildman–Crippen LogP) is 4.00. The summed E-state index contributed by atoms with van der Waals surface area (Å²) in [4.78, 5) is 29.6. The number of aliphatic hydroxyl groups is 1.